The molecule has 0 rings (SSSR count). The molecule has 0 aromatic carbocycles. The fourth-order valence-corrected chi connectivity index (χ4v) is 0.757. The SMILES string of the molecule is CN(C)CCCNCS. The third-order valence-corrected chi connectivity index (χ3v) is 1.29. The highest BCUT2D eigenvalue weighted by atomic mass is 32.1. The van der Waals surface area contributed by atoms with Gasteiger partial charge in [-0.05, 0) is 33.6 Å². The average Bonchev–Trinajstić information content (AvgIpc) is 1.80. The van der Waals surface area contributed by atoms with E-state index in [9.17, 15) is 0 Å². The van der Waals surface area contributed by atoms with Crippen molar-refractivity contribution in [2.24, 2.45) is 0 Å². The fourth-order valence-electron chi connectivity index (χ4n) is 0.599. The van der Waals surface area contributed by atoms with Crippen LogP contribution in [0.25, 0.3) is 0 Å². The molecule has 0 aliphatic heterocycles. The van der Waals surface area contributed by atoms with E-state index in [2.05, 4.69) is 36.9 Å². The summed E-state index contributed by atoms with van der Waals surface area (Å²) in [6.45, 7) is 2.22. The summed E-state index contributed by atoms with van der Waals surface area (Å²) in [6, 6.07) is 0. The summed E-state index contributed by atoms with van der Waals surface area (Å²) >= 11 is 4.02. The first kappa shape index (κ1) is 9.27. The maximum absolute atomic E-state index is 4.02. The van der Waals surface area contributed by atoms with Crippen molar-refractivity contribution >= 4 is 12.6 Å². The van der Waals surface area contributed by atoms with Gasteiger partial charge in [-0.25, -0.2) is 0 Å². The van der Waals surface area contributed by atoms with Gasteiger partial charge < -0.3 is 10.2 Å². The molecule has 0 radical (unpaired) electrons. The average molecular weight is 148 g/mol. The molecule has 1 N–H and O–H groups in total. The van der Waals surface area contributed by atoms with E-state index in [1.165, 1.54) is 6.42 Å². The lowest BCUT2D eigenvalue weighted by atomic mass is 10.4. The van der Waals surface area contributed by atoms with Crippen LogP contribution in [0.4, 0.5) is 0 Å². The number of thiol groups is 1. The summed E-state index contributed by atoms with van der Waals surface area (Å²) in [7, 11) is 4.17. The molecular weight excluding hydrogens is 132 g/mol. The maximum atomic E-state index is 4.02. The van der Waals surface area contributed by atoms with E-state index in [1.807, 2.05) is 0 Å². The van der Waals surface area contributed by atoms with Crippen LogP contribution in [-0.2, 0) is 0 Å². The molecule has 0 fully saturated rings. The lowest BCUT2D eigenvalue weighted by Crippen LogP contribution is -2.20. The zero-order chi connectivity index (χ0) is 7.11. The number of hydrogen-bond acceptors (Lipinski definition) is 3. The molecule has 0 heterocycles. The molecule has 0 saturated carbocycles. The van der Waals surface area contributed by atoms with Crippen molar-refractivity contribution in [2.45, 2.75) is 6.42 Å². The molecule has 0 spiro atoms. The van der Waals surface area contributed by atoms with Crippen LogP contribution in [0.3, 0.4) is 0 Å². The third kappa shape index (κ3) is 8.27. The lowest BCUT2D eigenvalue weighted by molar-refractivity contribution is 0.397. The minimum Gasteiger partial charge on any atom is -0.309 e. The Bertz CT molecular complexity index is 57.0. The minimum atomic E-state index is 0.785. The second-order valence-electron chi connectivity index (χ2n) is 2.31. The molecule has 0 aromatic rings. The van der Waals surface area contributed by atoms with Crippen LogP contribution in [0, 0.1) is 0 Å². The van der Waals surface area contributed by atoms with E-state index in [1.54, 1.807) is 0 Å². The third-order valence-electron chi connectivity index (χ3n) is 1.07. The number of rotatable bonds is 5. The molecule has 0 aliphatic carbocycles. The van der Waals surface area contributed by atoms with Crippen molar-refractivity contribution < 1.29 is 0 Å². The van der Waals surface area contributed by atoms with Crippen LogP contribution in [-0.4, -0.2) is 38.0 Å². The molecule has 2 nitrogen and oxygen atoms in total. The van der Waals surface area contributed by atoms with Gasteiger partial charge in [0, 0.05) is 5.88 Å². The quantitative estimate of drug-likeness (QED) is 0.334. The predicted octanol–water partition coefficient (Wildman–Crippen LogP) is 0.415. The smallest absolute Gasteiger partial charge is 0.0387 e. The standard InChI is InChI=1S/C6H16N2S/c1-8(2)5-3-4-7-6-9/h7,9H,3-6H2,1-2H3. The monoisotopic (exact) mass is 148 g/mol. The maximum Gasteiger partial charge on any atom is 0.0387 e. The second kappa shape index (κ2) is 6.39. The number of hydrogen-bond donors (Lipinski definition) is 2. The summed E-state index contributed by atoms with van der Waals surface area (Å²) in [6.07, 6.45) is 1.20. The zero-order valence-corrected chi connectivity index (χ0v) is 7.12. The Kier molecular flexibility index (Phi) is 6.58. The Morgan fingerprint density at radius 1 is 1.44 bits per heavy atom. The summed E-state index contributed by atoms with van der Waals surface area (Å²) in [5.74, 6) is 0.785. The molecule has 0 aliphatic rings. The zero-order valence-electron chi connectivity index (χ0n) is 6.22. The van der Waals surface area contributed by atoms with E-state index in [0.29, 0.717) is 0 Å². The number of nitrogens with zero attached hydrogens (tertiary/aromatic N) is 1. The van der Waals surface area contributed by atoms with Gasteiger partial charge in [0.2, 0.25) is 0 Å². The predicted molar refractivity (Wildman–Crippen MR) is 45.0 cm³/mol. The first-order chi connectivity index (χ1) is 4.27. The van der Waals surface area contributed by atoms with Crippen LogP contribution in [0.5, 0.6) is 0 Å². The van der Waals surface area contributed by atoms with Gasteiger partial charge in [0.25, 0.3) is 0 Å². The second-order valence-corrected chi connectivity index (χ2v) is 2.63. The van der Waals surface area contributed by atoms with E-state index in [-0.39, 0.29) is 0 Å². The van der Waals surface area contributed by atoms with E-state index in [4.69, 9.17) is 0 Å². The normalized spacial score (nSPS) is 10.7. The van der Waals surface area contributed by atoms with Crippen molar-refractivity contribution in [2.75, 3.05) is 33.1 Å². The topological polar surface area (TPSA) is 15.3 Å². The molecule has 9 heavy (non-hydrogen) atoms. The summed E-state index contributed by atoms with van der Waals surface area (Å²) in [5, 5.41) is 3.14. The van der Waals surface area contributed by atoms with Crippen molar-refractivity contribution in [1.29, 1.82) is 0 Å². The van der Waals surface area contributed by atoms with Gasteiger partial charge in [0.15, 0.2) is 0 Å². The van der Waals surface area contributed by atoms with Crippen LogP contribution in [0.2, 0.25) is 0 Å². The van der Waals surface area contributed by atoms with Gasteiger partial charge in [-0.1, -0.05) is 0 Å². The first-order valence-corrected chi connectivity index (χ1v) is 3.87. The van der Waals surface area contributed by atoms with Crippen molar-refractivity contribution in [3.63, 3.8) is 0 Å². The Balaban J connectivity index is 2.75. The fraction of sp³-hybridized carbons (Fsp3) is 1.00. The van der Waals surface area contributed by atoms with Gasteiger partial charge >= 0.3 is 0 Å². The molecule has 0 bridgehead atoms. The summed E-state index contributed by atoms with van der Waals surface area (Å²) in [4.78, 5) is 2.18. The molecule has 0 saturated heterocycles. The van der Waals surface area contributed by atoms with E-state index < -0.39 is 0 Å². The van der Waals surface area contributed by atoms with Crippen molar-refractivity contribution in [3.05, 3.63) is 0 Å². The molecule has 3 heteroatoms. The Morgan fingerprint density at radius 3 is 2.56 bits per heavy atom. The lowest BCUT2D eigenvalue weighted by Gasteiger charge is -2.08. The highest BCUT2D eigenvalue weighted by Crippen LogP contribution is 1.80. The van der Waals surface area contributed by atoms with Gasteiger partial charge in [-0.15, -0.1) is 0 Å². The number of nitrogens with one attached hydrogen (secondary N) is 1. The highest BCUT2D eigenvalue weighted by Gasteiger charge is 1.87. The van der Waals surface area contributed by atoms with E-state index >= 15 is 0 Å². The Morgan fingerprint density at radius 2 is 2.11 bits per heavy atom. The van der Waals surface area contributed by atoms with Crippen molar-refractivity contribution in [1.82, 2.24) is 10.2 Å². The molecule has 0 atom stereocenters. The van der Waals surface area contributed by atoms with Gasteiger partial charge in [0.1, 0.15) is 0 Å². The first-order valence-electron chi connectivity index (χ1n) is 3.23. The van der Waals surface area contributed by atoms with Crippen LogP contribution >= 0.6 is 12.6 Å². The Labute approximate surface area is 63.0 Å². The summed E-state index contributed by atoms with van der Waals surface area (Å²) < 4.78 is 0. The molecule has 56 valence electrons. The summed E-state index contributed by atoms with van der Waals surface area (Å²) in [5.41, 5.74) is 0. The minimum absolute atomic E-state index is 0.785. The highest BCUT2D eigenvalue weighted by molar-refractivity contribution is 7.80. The molecule has 0 unspecified atom stereocenters. The van der Waals surface area contributed by atoms with Crippen LogP contribution in [0.15, 0.2) is 0 Å². The van der Waals surface area contributed by atoms with Crippen molar-refractivity contribution in [3.8, 4) is 0 Å². The van der Waals surface area contributed by atoms with Crippen LogP contribution in [0.1, 0.15) is 6.42 Å². The molecular formula is C6H16N2S. The largest absolute Gasteiger partial charge is 0.309 e. The van der Waals surface area contributed by atoms with Crippen LogP contribution < -0.4 is 5.32 Å². The van der Waals surface area contributed by atoms with Gasteiger partial charge in [-0.2, -0.15) is 12.6 Å². The molecule has 0 aromatic heterocycles. The van der Waals surface area contributed by atoms with E-state index in [0.717, 1.165) is 19.0 Å². The Hall–Kier alpha value is 0.270. The van der Waals surface area contributed by atoms with Gasteiger partial charge in [0.05, 0.1) is 0 Å². The van der Waals surface area contributed by atoms with Gasteiger partial charge in [-0.3, -0.25) is 0 Å². The molecule has 0 amide bonds.